The van der Waals surface area contributed by atoms with Gasteiger partial charge in [-0.25, -0.2) is 12.8 Å². The lowest BCUT2D eigenvalue weighted by Gasteiger charge is -2.33. The molecule has 1 atom stereocenters. The van der Waals surface area contributed by atoms with Gasteiger partial charge >= 0.3 is 0 Å². The van der Waals surface area contributed by atoms with E-state index in [4.69, 9.17) is 9.47 Å². The van der Waals surface area contributed by atoms with Crippen molar-refractivity contribution in [3.63, 3.8) is 0 Å². The van der Waals surface area contributed by atoms with Gasteiger partial charge in [-0.1, -0.05) is 12.1 Å². The molecule has 2 aliphatic heterocycles. The molecule has 0 unspecified atom stereocenters. The summed E-state index contributed by atoms with van der Waals surface area (Å²) in [6.07, 6.45) is 0. The Morgan fingerprint density at radius 1 is 0.971 bits per heavy atom. The van der Waals surface area contributed by atoms with E-state index in [1.165, 1.54) is 19.1 Å². The van der Waals surface area contributed by atoms with Crippen molar-refractivity contribution in [1.29, 1.82) is 0 Å². The molecule has 0 saturated carbocycles. The third-order valence-corrected chi connectivity index (χ3v) is 7.39. The fourth-order valence-electron chi connectivity index (χ4n) is 3.96. The van der Waals surface area contributed by atoms with Gasteiger partial charge in [-0.05, 0) is 37.3 Å². The first kappa shape index (κ1) is 24.4. The Balaban J connectivity index is 1.53. The number of benzene rings is 2. The molecular weight excluding hydrogens is 463 g/mol. The Labute approximate surface area is 198 Å². The van der Waals surface area contributed by atoms with Crippen molar-refractivity contribution in [2.24, 2.45) is 0 Å². The summed E-state index contributed by atoms with van der Waals surface area (Å²) in [5.41, 5.74) is 2.43. The summed E-state index contributed by atoms with van der Waals surface area (Å²) in [6, 6.07) is 9.70. The number of ether oxygens (including phenoxy) is 2. The Kier molecular flexibility index (Phi) is 7.67. The van der Waals surface area contributed by atoms with E-state index in [1.54, 1.807) is 0 Å². The first-order valence-electron chi connectivity index (χ1n) is 11.2. The van der Waals surface area contributed by atoms with E-state index < -0.39 is 32.7 Å². The summed E-state index contributed by atoms with van der Waals surface area (Å²) in [7, 11) is -4.21. The molecule has 0 spiro atoms. The van der Waals surface area contributed by atoms with Crippen LogP contribution in [0, 0.1) is 5.82 Å². The third-order valence-electron chi connectivity index (χ3n) is 5.82. The molecule has 34 heavy (non-hydrogen) atoms. The van der Waals surface area contributed by atoms with Crippen LogP contribution in [0.4, 0.5) is 21.5 Å². The molecule has 0 aliphatic carbocycles. The zero-order valence-electron chi connectivity index (χ0n) is 19.0. The molecule has 0 radical (unpaired) electrons. The maximum absolute atomic E-state index is 14.0. The molecule has 9 nitrogen and oxygen atoms in total. The number of hydrogen-bond donors (Lipinski definition) is 2. The van der Waals surface area contributed by atoms with Gasteiger partial charge in [-0.2, -0.15) is 4.72 Å². The van der Waals surface area contributed by atoms with Crippen molar-refractivity contribution in [3.05, 3.63) is 48.3 Å². The lowest BCUT2D eigenvalue weighted by molar-refractivity contribution is -0.117. The van der Waals surface area contributed by atoms with Crippen molar-refractivity contribution in [2.75, 3.05) is 67.7 Å². The molecule has 2 heterocycles. The van der Waals surface area contributed by atoms with Gasteiger partial charge in [0.15, 0.2) is 0 Å². The predicted molar refractivity (Wildman–Crippen MR) is 127 cm³/mol. The van der Waals surface area contributed by atoms with Gasteiger partial charge in [0, 0.05) is 31.9 Å². The zero-order valence-corrected chi connectivity index (χ0v) is 19.8. The van der Waals surface area contributed by atoms with Crippen LogP contribution in [0.25, 0.3) is 0 Å². The minimum atomic E-state index is -4.21. The topological polar surface area (TPSA) is 100 Å². The number of rotatable bonds is 7. The molecule has 2 N–H and O–H groups in total. The van der Waals surface area contributed by atoms with E-state index in [0.717, 1.165) is 36.6 Å². The van der Waals surface area contributed by atoms with Gasteiger partial charge in [-0.3, -0.25) is 4.79 Å². The maximum atomic E-state index is 14.0. The third kappa shape index (κ3) is 5.66. The molecular formula is C23H29FN4O5S. The van der Waals surface area contributed by atoms with E-state index in [-0.39, 0.29) is 0 Å². The van der Waals surface area contributed by atoms with Gasteiger partial charge in [0.25, 0.3) is 0 Å². The predicted octanol–water partition coefficient (Wildman–Crippen LogP) is 1.80. The van der Waals surface area contributed by atoms with Gasteiger partial charge < -0.3 is 24.6 Å². The highest BCUT2D eigenvalue weighted by Crippen LogP contribution is 2.32. The monoisotopic (exact) mass is 492 g/mol. The first-order chi connectivity index (χ1) is 16.3. The molecule has 0 bridgehead atoms. The van der Waals surface area contributed by atoms with Crippen LogP contribution in [0.1, 0.15) is 6.92 Å². The number of hydrogen-bond acceptors (Lipinski definition) is 7. The van der Waals surface area contributed by atoms with Crippen LogP contribution in [-0.4, -0.2) is 73.0 Å². The highest BCUT2D eigenvalue weighted by Gasteiger charge is 2.26. The molecule has 1 amide bonds. The minimum Gasteiger partial charge on any atom is -0.378 e. The van der Waals surface area contributed by atoms with Gasteiger partial charge in [0.05, 0.1) is 43.8 Å². The van der Waals surface area contributed by atoms with Crippen molar-refractivity contribution in [1.82, 2.24) is 4.72 Å². The number of halogens is 1. The number of carbonyl (C=O) groups excluding carboxylic acids is 1. The normalized spacial score (nSPS) is 17.9. The number of nitrogens with zero attached hydrogens (tertiary/aromatic N) is 2. The van der Waals surface area contributed by atoms with Crippen LogP contribution in [0.5, 0.6) is 0 Å². The van der Waals surface area contributed by atoms with Crippen molar-refractivity contribution >= 4 is 33.0 Å². The zero-order chi connectivity index (χ0) is 24.1. The quantitative estimate of drug-likeness (QED) is 0.608. The first-order valence-corrected chi connectivity index (χ1v) is 12.7. The van der Waals surface area contributed by atoms with Crippen LogP contribution < -0.4 is 19.8 Å². The largest absolute Gasteiger partial charge is 0.378 e. The highest BCUT2D eigenvalue weighted by molar-refractivity contribution is 7.89. The summed E-state index contributed by atoms with van der Waals surface area (Å²) >= 11 is 0. The standard InChI is InChI=1S/C23H29FN4O5S/c1-17(26-34(30,31)22-5-3-2-4-19(22)24)23(29)25-20-7-6-18(27-8-12-32-13-9-27)16-21(20)28-10-14-33-15-11-28/h2-7,16-17,26H,8-15H2,1H3,(H,25,29)/t17-/m0/s1. The van der Waals surface area contributed by atoms with E-state index in [1.807, 2.05) is 18.2 Å². The van der Waals surface area contributed by atoms with E-state index in [0.29, 0.717) is 45.2 Å². The lowest BCUT2D eigenvalue weighted by atomic mass is 10.1. The fraction of sp³-hybridized carbons (Fsp3) is 0.435. The number of anilines is 3. The molecule has 0 aromatic heterocycles. The fourth-order valence-corrected chi connectivity index (χ4v) is 5.25. The summed E-state index contributed by atoms with van der Waals surface area (Å²) in [6.45, 7) is 6.80. The second-order valence-corrected chi connectivity index (χ2v) is 9.85. The van der Waals surface area contributed by atoms with Crippen LogP contribution in [0.3, 0.4) is 0 Å². The van der Waals surface area contributed by atoms with Crippen molar-refractivity contribution in [2.45, 2.75) is 17.9 Å². The second-order valence-electron chi connectivity index (χ2n) is 8.16. The molecule has 2 fully saturated rings. The molecule has 184 valence electrons. The van der Waals surface area contributed by atoms with Crippen LogP contribution in [-0.2, 0) is 24.3 Å². The minimum absolute atomic E-state index is 0.501. The van der Waals surface area contributed by atoms with Crippen LogP contribution >= 0.6 is 0 Å². The highest BCUT2D eigenvalue weighted by atomic mass is 32.2. The summed E-state index contributed by atoms with van der Waals surface area (Å²) in [5, 5.41) is 2.84. The average Bonchev–Trinajstić information content (AvgIpc) is 2.85. The van der Waals surface area contributed by atoms with Crippen molar-refractivity contribution in [3.8, 4) is 0 Å². The van der Waals surface area contributed by atoms with Crippen LogP contribution in [0.2, 0.25) is 0 Å². The van der Waals surface area contributed by atoms with Gasteiger partial charge in [0.1, 0.15) is 10.7 Å². The molecule has 2 aromatic rings. The Hall–Kier alpha value is -2.73. The van der Waals surface area contributed by atoms with Crippen molar-refractivity contribution < 1.29 is 27.1 Å². The van der Waals surface area contributed by atoms with Gasteiger partial charge in [0.2, 0.25) is 15.9 Å². The number of sulfonamides is 1. The van der Waals surface area contributed by atoms with Crippen LogP contribution in [0.15, 0.2) is 47.4 Å². The number of morpholine rings is 2. The number of amides is 1. The summed E-state index contributed by atoms with van der Waals surface area (Å²) in [4.78, 5) is 16.8. The van der Waals surface area contributed by atoms with E-state index in [2.05, 4.69) is 19.8 Å². The Bertz CT molecular complexity index is 1120. The summed E-state index contributed by atoms with van der Waals surface area (Å²) in [5.74, 6) is -1.43. The SMILES string of the molecule is C[C@H](NS(=O)(=O)c1ccccc1F)C(=O)Nc1ccc(N2CCOCC2)cc1N1CCOCC1. The Morgan fingerprint density at radius 3 is 2.24 bits per heavy atom. The number of carbonyl (C=O) groups is 1. The van der Waals surface area contributed by atoms with E-state index in [9.17, 15) is 17.6 Å². The number of nitrogens with one attached hydrogen (secondary N) is 2. The molecule has 2 saturated heterocycles. The molecule has 2 aliphatic rings. The van der Waals surface area contributed by atoms with E-state index >= 15 is 0 Å². The Morgan fingerprint density at radius 2 is 1.59 bits per heavy atom. The molecule has 4 rings (SSSR count). The van der Waals surface area contributed by atoms with Gasteiger partial charge in [-0.15, -0.1) is 0 Å². The average molecular weight is 493 g/mol. The maximum Gasteiger partial charge on any atom is 0.244 e. The molecule has 2 aromatic carbocycles. The lowest BCUT2D eigenvalue weighted by Crippen LogP contribution is -2.42. The summed E-state index contributed by atoms with van der Waals surface area (Å²) < 4.78 is 52.3. The second kappa shape index (κ2) is 10.7. The smallest absolute Gasteiger partial charge is 0.244 e. The molecule has 11 heteroatoms.